The molecule has 0 aliphatic carbocycles. The number of benzene rings is 1. The van der Waals surface area contributed by atoms with Gasteiger partial charge in [0.15, 0.2) is 0 Å². The van der Waals surface area contributed by atoms with Crippen LogP contribution in [0.1, 0.15) is 26.7 Å². The van der Waals surface area contributed by atoms with Gasteiger partial charge in [0.25, 0.3) is 0 Å². The summed E-state index contributed by atoms with van der Waals surface area (Å²) >= 11 is 0. The predicted molar refractivity (Wildman–Crippen MR) is 84.6 cm³/mol. The first-order chi connectivity index (χ1) is 9.75. The van der Waals surface area contributed by atoms with E-state index in [4.69, 9.17) is 0 Å². The van der Waals surface area contributed by atoms with Crippen LogP contribution in [0.15, 0.2) is 42.7 Å². The zero-order valence-corrected chi connectivity index (χ0v) is 12.5. The zero-order chi connectivity index (χ0) is 14.2. The lowest BCUT2D eigenvalue weighted by Gasteiger charge is -2.07. The van der Waals surface area contributed by atoms with Crippen LogP contribution in [0.5, 0.6) is 0 Å². The van der Waals surface area contributed by atoms with Crippen LogP contribution in [0.2, 0.25) is 0 Å². The lowest BCUT2D eigenvalue weighted by atomic mass is 10.1. The number of hydrogen-bond acceptors (Lipinski definition) is 2. The molecule has 1 N–H and O–H groups in total. The number of aromatic nitrogens is 2. The SMILES string of the molecule is CC(C)CNCCCCn1cc(-c2ccccc2)cn1. The lowest BCUT2D eigenvalue weighted by Crippen LogP contribution is -2.20. The highest BCUT2D eigenvalue weighted by molar-refractivity contribution is 5.61. The Bertz CT molecular complexity index is 488. The second kappa shape index (κ2) is 7.85. The summed E-state index contributed by atoms with van der Waals surface area (Å²) < 4.78 is 2.05. The van der Waals surface area contributed by atoms with Crippen molar-refractivity contribution in [1.82, 2.24) is 15.1 Å². The largest absolute Gasteiger partial charge is 0.316 e. The normalized spacial score (nSPS) is 11.2. The first-order valence-corrected chi connectivity index (χ1v) is 7.54. The summed E-state index contributed by atoms with van der Waals surface area (Å²) in [7, 11) is 0. The van der Waals surface area contributed by atoms with Gasteiger partial charge in [0.05, 0.1) is 6.20 Å². The Hall–Kier alpha value is -1.61. The van der Waals surface area contributed by atoms with E-state index in [1.165, 1.54) is 24.0 Å². The molecule has 0 fully saturated rings. The molecule has 0 saturated heterocycles. The molecule has 3 nitrogen and oxygen atoms in total. The van der Waals surface area contributed by atoms with Crippen LogP contribution in [0, 0.1) is 5.92 Å². The molecule has 20 heavy (non-hydrogen) atoms. The van der Waals surface area contributed by atoms with Crippen molar-refractivity contribution >= 4 is 0 Å². The number of rotatable bonds is 8. The van der Waals surface area contributed by atoms with E-state index in [0.717, 1.165) is 25.6 Å². The molecule has 1 aromatic carbocycles. The van der Waals surface area contributed by atoms with Crippen LogP contribution in [0.4, 0.5) is 0 Å². The molecule has 0 amide bonds. The monoisotopic (exact) mass is 271 g/mol. The highest BCUT2D eigenvalue weighted by Gasteiger charge is 2.01. The van der Waals surface area contributed by atoms with Gasteiger partial charge in [-0.3, -0.25) is 4.68 Å². The molecule has 1 heterocycles. The number of unbranched alkanes of at least 4 members (excludes halogenated alkanes) is 1. The molecule has 0 atom stereocenters. The molecule has 1 aromatic heterocycles. The summed E-state index contributed by atoms with van der Waals surface area (Å²) in [6.07, 6.45) is 6.46. The molecule has 0 radical (unpaired) electrons. The Morgan fingerprint density at radius 1 is 1.10 bits per heavy atom. The molecule has 0 spiro atoms. The molecular weight excluding hydrogens is 246 g/mol. The van der Waals surface area contributed by atoms with Crippen molar-refractivity contribution in [3.8, 4) is 11.1 Å². The van der Waals surface area contributed by atoms with Gasteiger partial charge in [-0.1, -0.05) is 44.2 Å². The van der Waals surface area contributed by atoms with E-state index in [1.54, 1.807) is 0 Å². The number of nitrogens with one attached hydrogen (secondary N) is 1. The Morgan fingerprint density at radius 2 is 1.90 bits per heavy atom. The molecule has 108 valence electrons. The van der Waals surface area contributed by atoms with E-state index in [1.807, 2.05) is 16.9 Å². The van der Waals surface area contributed by atoms with Crippen LogP contribution in [-0.2, 0) is 6.54 Å². The summed E-state index contributed by atoms with van der Waals surface area (Å²) in [5, 5.41) is 7.91. The van der Waals surface area contributed by atoms with Crippen molar-refractivity contribution in [2.24, 2.45) is 5.92 Å². The minimum Gasteiger partial charge on any atom is -0.316 e. The van der Waals surface area contributed by atoms with Crippen LogP contribution < -0.4 is 5.32 Å². The molecule has 2 aromatic rings. The highest BCUT2D eigenvalue weighted by atomic mass is 15.3. The van der Waals surface area contributed by atoms with E-state index < -0.39 is 0 Å². The van der Waals surface area contributed by atoms with Gasteiger partial charge in [-0.15, -0.1) is 0 Å². The van der Waals surface area contributed by atoms with Crippen molar-refractivity contribution in [2.75, 3.05) is 13.1 Å². The van der Waals surface area contributed by atoms with E-state index in [0.29, 0.717) is 0 Å². The fourth-order valence-corrected chi connectivity index (χ4v) is 2.18. The Labute approximate surface area is 122 Å². The van der Waals surface area contributed by atoms with Crippen molar-refractivity contribution in [1.29, 1.82) is 0 Å². The zero-order valence-electron chi connectivity index (χ0n) is 12.5. The Morgan fingerprint density at radius 3 is 2.65 bits per heavy atom. The van der Waals surface area contributed by atoms with E-state index in [-0.39, 0.29) is 0 Å². The van der Waals surface area contributed by atoms with Crippen LogP contribution >= 0.6 is 0 Å². The average Bonchev–Trinajstić information content (AvgIpc) is 2.92. The third-order valence-electron chi connectivity index (χ3n) is 3.28. The number of nitrogens with zero attached hydrogens (tertiary/aromatic N) is 2. The first-order valence-electron chi connectivity index (χ1n) is 7.54. The predicted octanol–water partition coefficient (Wildman–Crippen LogP) is 3.58. The number of aryl methyl sites for hydroxylation is 1. The van der Waals surface area contributed by atoms with Crippen molar-refractivity contribution < 1.29 is 0 Å². The maximum absolute atomic E-state index is 4.43. The third-order valence-corrected chi connectivity index (χ3v) is 3.28. The highest BCUT2D eigenvalue weighted by Crippen LogP contribution is 2.17. The topological polar surface area (TPSA) is 29.9 Å². The smallest absolute Gasteiger partial charge is 0.0568 e. The van der Waals surface area contributed by atoms with Crippen LogP contribution in [-0.4, -0.2) is 22.9 Å². The van der Waals surface area contributed by atoms with E-state index >= 15 is 0 Å². The van der Waals surface area contributed by atoms with Crippen molar-refractivity contribution in [3.05, 3.63) is 42.7 Å². The second-order valence-corrected chi connectivity index (χ2v) is 5.66. The van der Waals surface area contributed by atoms with Gasteiger partial charge >= 0.3 is 0 Å². The summed E-state index contributed by atoms with van der Waals surface area (Å²) in [5.74, 6) is 0.731. The van der Waals surface area contributed by atoms with Crippen molar-refractivity contribution in [2.45, 2.75) is 33.2 Å². The first kappa shape index (κ1) is 14.8. The van der Waals surface area contributed by atoms with Gasteiger partial charge in [0, 0.05) is 18.3 Å². The third kappa shape index (κ3) is 4.82. The van der Waals surface area contributed by atoms with Gasteiger partial charge in [0.1, 0.15) is 0 Å². The van der Waals surface area contributed by atoms with Crippen molar-refractivity contribution in [3.63, 3.8) is 0 Å². The molecule has 2 rings (SSSR count). The molecule has 0 saturated carbocycles. The molecule has 0 unspecified atom stereocenters. The molecule has 0 aliphatic heterocycles. The van der Waals surface area contributed by atoms with Gasteiger partial charge in [-0.2, -0.15) is 5.10 Å². The van der Waals surface area contributed by atoms with Gasteiger partial charge < -0.3 is 5.32 Å². The molecule has 0 bridgehead atoms. The molecular formula is C17H25N3. The van der Waals surface area contributed by atoms with Gasteiger partial charge in [0.2, 0.25) is 0 Å². The van der Waals surface area contributed by atoms with Gasteiger partial charge in [-0.05, 0) is 37.4 Å². The van der Waals surface area contributed by atoms with E-state index in [9.17, 15) is 0 Å². The summed E-state index contributed by atoms with van der Waals surface area (Å²) in [6, 6.07) is 10.4. The second-order valence-electron chi connectivity index (χ2n) is 5.66. The molecule has 3 heteroatoms. The van der Waals surface area contributed by atoms with Gasteiger partial charge in [-0.25, -0.2) is 0 Å². The minimum atomic E-state index is 0.731. The van der Waals surface area contributed by atoms with Crippen LogP contribution in [0.3, 0.4) is 0 Å². The summed E-state index contributed by atoms with van der Waals surface area (Å²) in [6.45, 7) is 7.69. The number of hydrogen-bond donors (Lipinski definition) is 1. The Balaban J connectivity index is 1.71. The Kier molecular flexibility index (Phi) is 5.81. The average molecular weight is 271 g/mol. The quantitative estimate of drug-likeness (QED) is 0.744. The van der Waals surface area contributed by atoms with Crippen LogP contribution in [0.25, 0.3) is 11.1 Å². The lowest BCUT2D eigenvalue weighted by molar-refractivity contribution is 0.506. The maximum Gasteiger partial charge on any atom is 0.0568 e. The fraction of sp³-hybridized carbons (Fsp3) is 0.471. The standard InChI is InChI=1S/C17H25N3/c1-15(2)12-18-10-6-7-11-20-14-17(13-19-20)16-8-4-3-5-9-16/h3-5,8-9,13-15,18H,6-7,10-12H2,1-2H3. The maximum atomic E-state index is 4.43. The molecule has 0 aliphatic rings. The van der Waals surface area contributed by atoms with E-state index in [2.05, 4.69) is 54.7 Å². The summed E-state index contributed by atoms with van der Waals surface area (Å²) in [4.78, 5) is 0. The fourth-order valence-electron chi connectivity index (χ4n) is 2.18. The summed E-state index contributed by atoms with van der Waals surface area (Å²) in [5.41, 5.74) is 2.43. The minimum absolute atomic E-state index is 0.731.